The molecular weight excluding hydrogens is 328 g/mol. The maximum Gasteiger partial charge on any atom is 0.319 e. The number of nitrogens with zero attached hydrogens (tertiary/aromatic N) is 2. The van der Waals surface area contributed by atoms with E-state index in [-0.39, 0.29) is 6.03 Å². The van der Waals surface area contributed by atoms with Crippen LogP contribution in [-0.2, 0) is 0 Å². The Labute approximate surface area is 151 Å². The summed E-state index contributed by atoms with van der Waals surface area (Å²) in [4.78, 5) is 12.1. The lowest BCUT2D eigenvalue weighted by atomic mass is 10.1. The summed E-state index contributed by atoms with van der Waals surface area (Å²) in [6.07, 6.45) is 1.13. The number of anilines is 1. The average Bonchev–Trinajstić information content (AvgIpc) is 3.33. The quantitative estimate of drug-likeness (QED) is 0.731. The van der Waals surface area contributed by atoms with Gasteiger partial charge in [0.15, 0.2) is 0 Å². The SMILES string of the molecule is Cc1nnc(-c2ccc(NC(=O)NC[C@H]3C[C@H]3c3ccccc3)cc2)o1. The summed E-state index contributed by atoms with van der Waals surface area (Å²) < 4.78 is 5.39. The standard InChI is InChI=1S/C20H20N4O2/c1-13-23-24-19(26-13)15-7-9-17(10-8-15)22-20(25)21-12-16-11-18(16)14-5-3-2-4-6-14/h2-10,16,18H,11-12H2,1H3,(H2,21,22,25)/t16-,18+/m1/s1. The van der Waals surface area contributed by atoms with Crippen molar-refractivity contribution in [2.75, 3.05) is 11.9 Å². The molecule has 0 aliphatic heterocycles. The van der Waals surface area contributed by atoms with Gasteiger partial charge in [0.1, 0.15) is 0 Å². The number of aryl methyl sites for hydroxylation is 1. The predicted molar refractivity (Wildman–Crippen MR) is 98.8 cm³/mol. The molecule has 4 rings (SSSR count). The molecule has 0 saturated heterocycles. The van der Waals surface area contributed by atoms with Gasteiger partial charge in [0, 0.05) is 24.7 Å². The minimum atomic E-state index is -0.190. The number of amides is 2. The first-order chi connectivity index (χ1) is 12.7. The highest BCUT2D eigenvalue weighted by Gasteiger charge is 2.37. The normalized spacial score (nSPS) is 18.3. The summed E-state index contributed by atoms with van der Waals surface area (Å²) >= 11 is 0. The molecule has 1 aliphatic rings. The molecule has 6 heteroatoms. The summed E-state index contributed by atoms with van der Waals surface area (Å²) in [6.45, 7) is 2.43. The van der Waals surface area contributed by atoms with Gasteiger partial charge in [-0.3, -0.25) is 0 Å². The first kappa shape index (κ1) is 16.3. The van der Waals surface area contributed by atoms with Gasteiger partial charge in [-0.2, -0.15) is 0 Å². The predicted octanol–water partition coefficient (Wildman–Crippen LogP) is 3.97. The third kappa shape index (κ3) is 3.74. The second-order valence-electron chi connectivity index (χ2n) is 6.55. The van der Waals surface area contributed by atoms with Crippen molar-refractivity contribution >= 4 is 11.7 Å². The Morgan fingerprint density at radius 1 is 1.12 bits per heavy atom. The largest absolute Gasteiger partial charge is 0.421 e. The highest BCUT2D eigenvalue weighted by Crippen LogP contribution is 2.46. The van der Waals surface area contributed by atoms with Crippen LogP contribution in [0.4, 0.5) is 10.5 Å². The van der Waals surface area contributed by atoms with Crippen LogP contribution >= 0.6 is 0 Å². The van der Waals surface area contributed by atoms with E-state index in [0.717, 1.165) is 17.7 Å². The third-order valence-corrected chi connectivity index (χ3v) is 4.59. The van der Waals surface area contributed by atoms with Crippen LogP contribution in [-0.4, -0.2) is 22.8 Å². The Hall–Kier alpha value is -3.15. The van der Waals surface area contributed by atoms with E-state index >= 15 is 0 Å². The van der Waals surface area contributed by atoms with E-state index in [4.69, 9.17) is 4.42 Å². The van der Waals surface area contributed by atoms with Crippen molar-refractivity contribution in [1.82, 2.24) is 15.5 Å². The number of urea groups is 1. The van der Waals surface area contributed by atoms with Crippen molar-refractivity contribution in [3.05, 3.63) is 66.1 Å². The zero-order chi connectivity index (χ0) is 17.9. The number of carbonyl (C=O) groups excluding carboxylic acids is 1. The van der Waals surface area contributed by atoms with E-state index in [1.54, 1.807) is 6.92 Å². The molecule has 1 saturated carbocycles. The van der Waals surface area contributed by atoms with Crippen molar-refractivity contribution in [1.29, 1.82) is 0 Å². The lowest BCUT2D eigenvalue weighted by Crippen LogP contribution is -2.30. The minimum Gasteiger partial charge on any atom is -0.421 e. The highest BCUT2D eigenvalue weighted by atomic mass is 16.4. The first-order valence-electron chi connectivity index (χ1n) is 8.69. The van der Waals surface area contributed by atoms with Crippen LogP contribution in [0.3, 0.4) is 0 Å². The van der Waals surface area contributed by atoms with Gasteiger partial charge in [0.25, 0.3) is 0 Å². The maximum absolute atomic E-state index is 12.1. The van der Waals surface area contributed by atoms with Crippen molar-refractivity contribution in [2.24, 2.45) is 5.92 Å². The molecular formula is C20H20N4O2. The molecule has 1 aliphatic carbocycles. The van der Waals surface area contributed by atoms with E-state index in [2.05, 4.69) is 45.1 Å². The van der Waals surface area contributed by atoms with Gasteiger partial charge in [-0.25, -0.2) is 4.79 Å². The minimum absolute atomic E-state index is 0.190. The molecule has 2 amide bonds. The number of hydrogen-bond acceptors (Lipinski definition) is 4. The summed E-state index contributed by atoms with van der Waals surface area (Å²) in [7, 11) is 0. The average molecular weight is 348 g/mol. The summed E-state index contributed by atoms with van der Waals surface area (Å²) in [5.74, 6) is 2.08. The Morgan fingerprint density at radius 3 is 2.58 bits per heavy atom. The molecule has 0 radical (unpaired) electrons. The Bertz CT molecular complexity index is 890. The number of aromatic nitrogens is 2. The van der Waals surface area contributed by atoms with Gasteiger partial charge < -0.3 is 15.1 Å². The zero-order valence-corrected chi connectivity index (χ0v) is 14.5. The molecule has 1 fully saturated rings. The maximum atomic E-state index is 12.1. The summed E-state index contributed by atoms with van der Waals surface area (Å²) in [5.41, 5.74) is 2.89. The second-order valence-corrected chi connectivity index (χ2v) is 6.55. The number of carbonyl (C=O) groups is 1. The fourth-order valence-electron chi connectivity index (χ4n) is 3.09. The monoisotopic (exact) mass is 348 g/mol. The summed E-state index contributed by atoms with van der Waals surface area (Å²) in [6, 6.07) is 17.6. The highest BCUT2D eigenvalue weighted by molar-refractivity contribution is 5.89. The van der Waals surface area contributed by atoms with E-state index in [0.29, 0.717) is 30.2 Å². The van der Waals surface area contributed by atoms with E-state index in [1.807, 2.05) is 30.3 Å². The fraction of sp³-hybridized carbons (Fsp3) is 0.250. The molecule has 0 bridgehead atoms. The van der Waals surface area contributed by atoms with Crippen molar-refractivity contribution in [2.45, 2.75) is 19.3 Å². The van der Waals surface area contributed by atoms with Crippen LogP contribution in [0, 0.1) is 12.8 Å². The van der Waals surface area contributed by atoms with Crippen LogP contribution in [0.2, 0.25) is 0 Å². The van der Waals surface area contributed by atoms with Crippen molar-refractivity contribution < 1.29 is 9.21 Å². The van der Waals surface area contributed by atoms with Gasteiger partial charge in [0.2, 0.25) is 11.8 Å². The molecule has 1 aromatic heterocycles. The molecule has 0 unspecified atom stereocenters. The smallest absolute Gasteiger partial charge is 0.319 e. The van der Waals surface area contributed by atoms with E-state index < -0.39 is 0 Å². The molecule has 2 atom stereocenters. The lowest BCUT2D eigenvalue weighted by Gasteiger charge is -2.08. The van der Waals surface area contributed by atoms with Gasteiger partial charge in [-0.15, -0.1) is 10.2 Å². The molecule has 6 nitrogen and oxygen atoms in total. The van der Waals surface area contributed by atoms with Crippen LogP contribution in [0.25, 0.3) is 11.5 Å². The molecule has 26 heavy (non-hydrogen) atoms. The van der Waals surface area contributed by atoms with Gasteiger partial charge in [-0.05, 0) is 48.1 Å². The van der Waals surface area contributed by atoms with Crippen molar-refractivity contribution in [3.63, 3.8) is 0 Å². The molecule has 1 heterocycles. The van der Waals surface area contributed by atoms with E-state index in [9.17, 15) is 4.79 Å². The van der Waals surface area contributed by atoms with Crippen LogP contribution in [0.5, 0.6) is 0 Å². The van der Waals surface area contributed by atoms with Crippen LogP contribution in [0.15, 0.2) is 59.0 Å². The van der Waals surface area contributed by atoms with Crippen LogP contribution < -0.4 is 10.6 Å². The second kappa shape index (κ2) is 7.00. The number of rotatable bonds is 5. The topological polar surface area (TPSA) is 80.0 Å². The number of nitrogens with one attached hydrogen (secondary N) is 2. The molecule has 3 aromatic rings. The zero-order valence-electron chi connectivity index (χ0n) is 14.5. The third-order valence-electron chi connectivity index (χ3n) is 4.59. The Balaban J connectivity index is 1.26. The Morgan fingerprint density at radius 2 is 1.88 bits per heavy atom. The number of benzene rings is 2. The van der Waals surface area contributed by atoms with E-state index in [1.165, 1.54) is 5.56 Å². The number of hydrogen-bond donors (Lipinski definition) is 2. The van der Waals surface area contributed by atoms with Crippen LogP contribution in [0.1, 0.15) is 23.8 Å². The molecule has 2 N–H and O–H groups in total. The van der Waals surface area contributed by atoms with Gasteiger partial charge in [-0.1, -0.05) is 30.3 Å². The summed E-state index contributed by atoms with van der Waals surface area (Å²) in [5, 5.41) is 13.6. The van der Waals surface area contributed by atoms with Crippen molar-refractivity contribution in [3.8, 4) is 11.5 Å². The first-order valence-corrected chi connectivity index (χ1v) is 8.69. The molecule has 0 spiro atoms. The molecule has 2 aromatic carbocycles. The lowest BCUT2D eigenvalue weighted by molar-refractivity contribution is 0.251. The Kier molecular flexibility index (Phi) is 4.39. The van der Waals surface area contributed by atoms with Gasteiger partial charge >= 0.3 is 6.03 Å². The van der Waals surface area contributed by atoms with Gasteiger partial charge in [0.05, 0.1) is 0 Å². The molecule has 132 valence electrons. The fourth-order valence-corrected chi connectivity index (χ4v) is 3.09.